The van der Waals surface area contributed by atoms with Crippen LogP contribution in [0.25, 0.3) is 0 Å². The third-order valence-electron chi connectivity index (χ3n) is 4.03. The predicted octanol–water partition coefficient (Wildman–Crippen LogP) is 3.11. The summed E-state index contributed by atoms with van der Waals surface area (Å²) in [6.07, 6.45) is 0. The summed E-state index contributed by atoms with van der Waals surface area (Å²) in [7, 11) is 1.48. The minimum Gasteiger partial charge on any atom is -0.503 e. The van der Waals surface area contributed by atoms with Crippen LogP contribution in [0.1, 0.15) is 21.3 Å². The second-order valence-electron chi connectivity index (χ2n) is 5.48. The van der Waals surface area contributed by atoms with Crippen molar-refractivity contribution in [3.05, 3.63) is 69.4 Å². The monoisotopic (exact) mass is 361 g/mol. The number of methoxy groups -OCH3 is 1. The molecular weight excluding hydrogens is 345 g/mol. The summed E-state index contributed by atoms with van der Waals surface area (Å²) in [5.74, 6) is -2.36. The lowest BCUT2D eigenvalue weighted by Gasteiger charge is -2.26. The Bertz CT molecular complexity index is 831. The average molecular weight is 361 g/mol. The molecule has 0 aliphatic carbocycles. The van der Waals surface area contributed by atoms with Crippen LogP contribution in [-0.4, -0.2) is 42.0 Å². The Kier molecular flexibility index (Phi) is 4.96. The Balaban J connectivity index is 2.10. The van der Waals surface area contributed by atoms with Gasteiger partial charge in [-0.1, -0.05) is 24.3 Å². The van der Waals surface area contributed by atoms with Crippen molar-refractivity contribution in [3.8, 4) is 0 Å². The summed E-state index contributed by atoms with van der Waals surface area (Å²) in [4.78, 5) is 27.0. The van der Waals surface area contributed by atoms with Gasteiger partial charge in [0.15, 0.2) is 5.76 Å². The van der Waals surface area contributed by atoms with Crippen molar-refractivity contribution in [1.82, 2.24) is 4.90 Å². The highest BCUT2D eigenvalue weighted by atomic mass is 32.1. The number of carbonyl (C=O) groups is 2. The fraction of sp³-hybridized carbons (Fsp3) is 0.222. The molecule has 0 fully saturated rings. The van der Waals surface area contributed by atoms with E-state index in [1.54, 1.807) is 23.6 Å². The minimum absolute atomic E-state index is 0.103. The van der Waals surface area contributed by atoms with E-state index in [4.69, 9.17) is 4.74 Å². The molecule has 1 N–H and O–H groups in total. The molecule has 1 atom stereocenters. The lowest BCUT2D eigenvalue weighted by Crippen LogP contribution is -2.34. The van der Waals surface area contributed by atoms with Crippen molar-refractivity contribution in [2.75, 3.05) is 20.3 Å². The SMILES string of the molecule is COCCN1C(=O)C(O)=C(C(=O)c2cccs2)C1c1ccccc1F. The molecule has 7 heteroatoms. The van der Waals surface area contributed by atoms with Crippen LogP contribution >= 0.6 is 11.3 Å². The van der Waals surface area contributed by atoms with Gasteiger partial charge in [0, 0.05) is 19.2 Å². The molecule has 1 aromatic heterocycles. The first kappa shape index (κ1) is 17.3. The summed E-state index contributed by atoms with van der Waals surface area (Å²) in [6, 6.07) is 8.24. The summed E-state index contributed by atoms with van der Waals surface area (Å²) in [6.45, 7) is 0.323. The maximum absolute atomic E-state index is 14.4. The van der Waals surface area contributed by atoms with Crippen LogP contribution in [0, 0.1) is 5.82 Å². The number of Topliss-reactive ketones (excluding diaryl/α,β-unsaturated/α-hetero) is 1. The van der Waals surface area contributed by atoms with Crippen molar-refractivity contribution in [3.63, 3.8) is 0 Å². The topological polar surface area (TPSA) is 66.8 Å². The number of thiophene rings is 1. The highest BCUT2D eigenvalue weighted by Gasteiger charge is 2.44. The van der Waals surface area contributed by atoms with Gasteiger partial charge in [-0.25, -0.2) is 4.39 Å². The molecule has 0 saturated heterocycles. The predicted molar refractivity (Wildman–Crippen MR) is 91.0 cm³/mol. The number of aliphatic hydroxyl groups excluding tert-OH is 1. The molecule has 1 unspecified atom stereocenters. The number of halogens is 1. The van der Waals surface area contributed by atoms with E-state index in [2.05, 4.69) is 0 Å². The summed E-state index contributed by atoms with van der Waals surface area (Å²) in [5.41, 5.74) is 0.0598. The van der Waals surface area contributed by atoms with Gasteiger partial charge < -0.3 is 14.7 Å². The molecule has 2 heterocycles. The first-order valence-corrected chi connectivity index (χ1v) is 8.50. The number of rotatable bonds is 6. The first-order valence-electron chi connectivity index (χ1n) is 7.62. The Hall–Kier alpha value is -2.51. The van der Waals surface area contributed by atoms with Crippen molar-refractivity contribution in [2.24, 2.45) is 0 Å². The number of hydrogen-bond acceptors (Lipinski definition) is 5. The zero-order chi connectivity index (χ0) is 18.0. The van der Waals surface area contributed by atoms with Crippen molar-refractivity contribution < 1.29 is 23.8 Å². The third kappa shape index (κ3) is 3.08. The van der Waals surface area contributed by atoms with Crippen molar-refractivity contribution in [2.45, 2.75) is 6.04 Å². The van der Waals surface area contributed by atoms with E-state index in [-0.39, 0.29) is 24.3 Å². The molecule has 0 saturated carbocycles. The second kappa shape index (κ2) is 7.16. The lowest BCUT2D eigenvalue weighted by molar-refractivity contribution is -0.130. The van der Waals surface area contributed by atoms with E-state index >= 15 is 0 Å². The quantitative estimate of drug-likeness (QED) is 0.803. The molecule has 1 aliphatic heterocycles. The number of ketones is 1. The van der Waals surface area contributed by atoms with Gasteiger partial charge in [0.25, 0.3) is 5.91 Å². The van der Waals surface area contributed by atoms with Gasteiger partial charge in [-0.3, -0.25) is 9.59 Å². The number of hydrogen-bond donors (Lipinski definition) is 1. The highest BCUT2D eigenvalue weighted by Crippen LogP contribution is 2.40. The molecule has 5 nitrogen and oxygen atoms in total. The maximum atomic E-state index is 14.4. The zero-order valence-electron chi connectivity index (χ0n) is 13.4. The number of amides is 1. The van der Waals surface area contributed by atoms with Crippen LogP contribution < -0.4 is 0 Å². The largest absolute Gasteiger partial charge is 0.503 e. The molecule has 0 spiro atoms. The van der Waals surface area contributed by atoms with Crippen molar-refractivity contribution >= 4 is 23.0 Å². The van der Waals surface area contributed by atoms with Gasteiger partial charge >= 0.3 is 0 Å². The number of carbonyl (C=O) groups excluding carboxylic acids is 2. The van der Waals surface area contributed by atoms with E-state index in [0.29, 0.717) is 4.88 Å². The van der Waals surface area contributed by atoms with Crippen LogP contribution in [0.15, 0.2) is 53.1 Å². The summed E-state index contributed by atoms with van der Waals surface area (Å²) >= 11 is 1.20. The fourth-order valence-corrected chi connectivity index (χ4v) is 3.54. The molecule has 1 amide bonds. The van der Waals surface area contributed by atoms with Crippen LogP contribution in [-0.2, 0) is 9.53 Å². The van der Waals surface area contributed by atoms with Gasteiger partial charge in [0.05, 0.1) is 23.1 Å². The number of nitrogens with zero attached hydrogens (tertiary/aromatic N) is 1. The zero-order valence-corrected chi connectivity index (χ0v) is 14.3. The van der Waals surface area contributed by atoms with Crippen LogP contribution in [0.2, 0.25) is 0 Å². The first-order chi connectivity index (χ1) is 12.1. The smallest absolute Gasteiger partial charge is 0.290 e. The molecule has 1 aliphatic rings. The van der Waals surface area contributed by atoms with Crippen LogP contribution in [0.4, 0.5) is 4.39 Å². The van der Waals surface area contributed by atoms with Gasteiger partial charge in [0.2, 0.25) is 5.78 Å². The molecule has 25 heavy (non-hydrogen) atoms. The van der Waals surface area contributed by atoms with E-state index in [0.717, 1.165) is 0 Å². The van der Waals surface area contributed by atoms with Gasteiger partial charge in [-0.2, -0.15) is 0 Å². The van der Waals surface area contributed by atoms with Gasteiger partial charge in [0.1, 0.15) is 5.82 Å². The van der Waals surface area contributed by atoms with Gasteiger partial charge in [-0.15, -0.1) is 11.3 Å². The molecule has 3 rings (SSSR count). The van der Waals surface area contributed by atoms with E-state index < -0.39 is 29.3 Å². The van der Waals surface area contributed by atoms with Gasteiger partial charge in [-0.05, 0) is 17.5 Å². The highest BCUT2D eigenvalue weighted by molar-refractivity contribution is 7.12. The number of ether oxygens (including phenoxy) is 1. The standard InChI is InChI=1S/C18H16FNO4S/c1-24-9-8-20-15(11-5-2-3-6-12(11)19)14(17(22)18(20)23)16(21)13-7-4-10-25-13/h2-7,10,15,22H,8-9H2,1H3. The Morgan fingerprint density at radius 3 is 2.72 bits per heavy atom. The molecular formula is C18H16FNO4S. The average Bonchev–Trinajstić information content (AvgIpc) is 3.22. The lowest BCUT2D eigenvalue weighted by atomic mass is 9.95. The molecule has 1 aromatic carbocycles. The van der Waals surface area contributed by atoms with Crippen LogP contribution in [0.5, 0.6) is 0 Å². The second-order valence-corrected chi connectivity index (χ2v) is 6.43. The normalized spacial score (nSPS) is 17.4. The van der Waals surface area contributed by atoms with Crippen molar-refractivity contribution in [1.29, 1.82) is 0 Å². The number of benzene rings is 1. The molecule has 0 radical (unpaired) electrons. The van der Waals surface area contributed by atoms with E-state index in [1.807, 2.05) is 0 Å². The minimum atomic E-state index is -0.988. The molecule has 0 bridgehead atoms. The third-order valence-corrected chi connectivity index (χ3v) is 4.90. The van der Waals surface area contributed by atoms with Crippen LogP contribution in [0.3, 0.4) is 0 Å². The molecule has 130 valence electrons. The van der Waals surface area contributed by atoms with E-state index in [1.165, 1.54) is 41.5 Å². The Morgan fingerprint density at radius 1 is 1.32 bits per heavy atom. The number of aliphatic hydroxyl groups is 1. The summed E-state index contributed by atoms with van der Waals surface area (Å²) in [5, 5.41) is 12.1. The van der Waals surface area contributed by atoms with E-state index in [9.17, 15) is 19.1 Å². The Labute approximate surface area is 148 Å². The maximum Gasteiger partial charge on any atom is 0.290 e. The Morgan fingerprint density at radius 2 is 2.08 bits per heavy atom. The summed E-state index contributed by atoms with van der Waals surface area (Å²) < 4.78 is 19.4. The fourth-order valence-electron chi connectivity index (χ4n) is 2.87. The molecule has 2 aromatic rings.